The normalized spacial score (nSPS) is 11.2. The minimum absolute atomic E-state index is 1.02. The monoisotopic (exact) mass is 216 g/mol. The molecule has 2 aromatic rings. The first-order valence-corrected chi connectivity index (χ1v) is 6.14. The van der Waals surface area contributed by atoms with Gasteiger partial charge in [0.05, 0.1) is 5.69 Å². The predicted molar refractivity (Wildman–Crippen MR) is 68.0 cm³/mol. The van der Waals surface area contributed by atoms with Crippen molar-refractivity contribution < 1.29 is 0 Å². The fourth-order valence-corrected chi connectivity index (χ4v) is 2.43. The molecule has 0 aromatic carbocycles. The molecule has 16 heavy (non-hydrogen) atoms. The molecular weight excluding hydrogens is 196 g/mol. The molecule has 2 nitrogen and oxygen atoms in total. The van der Waals surface area contributed by atoms with Gasteiger partial charge in [-0.25, -0.2) is 4.98 Å². The Bertz CT molecular complexity index is 509. The van der Waals surface area contributed by atoms with Crippen LogP contribution in [0.4, 0.5) is 0 Å². The molecule has 0 N–H and O–H groups in total. The van der Waals surface area contributed by atoms with Crippen molar-refractivity contribution in [1.29, 1.82) is 0 Å². The lowest BCUT2D eigenvalue weighted by molar-refractivity contribution is 0.834. The molecule has 0 aliphatic rings. The first-order valence-electron chi connectivity index (χ1n) is 6.14. The van der Waals surface area contributed by atoms with Gasteiger partial charge in [0.2, 0.25) is 0 Å². The summed E-state index contributed by atoms with van der Waals surface area (Å²) in [6, 6.07) is 4.40. The summed E-state index contributed by atoms with van der Waals surface area (Å²) in [5, 5.41) is 0. The summed E-state index contributed by atoms with van der Waals surface area (Å²) >= 11 is 0. The van der Waals surface area contributed by atoms with Crippen LogP contribution in [0.15, 0.2) is 12.1 Å². The van der Waals surface area contributed by atoms with Crippen molar-refractivity contribution in [1.82, 2.24) is 9.38 Å². The van der Waals surface area contributed by atoms with Gasteiger partial charge in [0.1, 0.15) is 5.65 Å². The summed E-state index contributed by atoms with van der Waals surface area (Å²) in [7, 11) is 0. The van der Waals surface area contributed by atoms with Gasteiger partial charge in [0.25, 0.3) is 0 Å². The van der Waals surface area contributed by atoms with Gasteiger partial charge < -0.3 is 4.40 Å². The van der Waals surface area contributed by atoms with E-state index in [1.807, 2.05) is 0 Å². The highest BCUT2D eigenvalue weighted by atomic mass is 15.0. The highest BCUT2D eigenvalue weighted by molar-refractivity contribution is 5.47. The topological polar surface area (TPSA) is 17.3 Å². The lowest BCUT2D eigenvalue weighted by Crippen LogP contribution is -1.99. The zero-order chi connectivity index (χ0) is 11.7. The van der Waals surface area contributed by atoms with Crippen molar-refractivity contribution in [2.45, 2.75) is 47.0 Å². The Kier molecular flexibility index (Phi) is 2.99. The molecule has 0 atom stereocenters. The summed E-state index contributed by atoms with van der Waals surface area (Å²) < 4.78 is 2.31. The van der Waals surface area contributed by atoms with Crippen LogP contribution in [0.2, 0.25) is 0 Å². The maximum Gasteiger partial charge on any atom is 0.137 e. The molecule has 0 aliphatic carbocycles. The van der Waals surface area contributed by atoms with Crippen molar-refractivity contribution in [3.05, 3.63) is 34.8 Å². The quantitative estimate of drug-likeness (QED) is 0.768. The molecule has 2 heteroatoms. The fraction of sp³-hybridized carbons (Fsp3) is 0.500. The third kappa shape index (κ3) is 1.73. The molecule has 0 saturated heterocycles. The Morgan fingerprint density at radius 3 is 2.56 bits per heavy atom. The Hall–Kier alpha value is -1.31. The van der Waals surface area contributed by atoms with Crippen LogP contribution in [0.25, 0.3) is 5.65 Å². The standard InChI is InChI=1S/C14H20N2/c1-5-7-13-12(6-2)15-14-9-10(3)8-11(4)16(13)14/h8-9H,5-7H2,1-4H3. The van der Waals surface area contributed by atoms with Crippen LogP contribution in [-0.4, -0.2) is 9.38 Å². The lowest BCUT2D eigenvalue weighted by atomic mass is 10.1. The number of aromatic nitrogens is 2. The number of pyridine rings is 1. The average Bonchev–Trinajstić information content (AvgIpc) is 2.57. The number of imidazole rings is 1. The van der Waals surface area contributed by atoms with Gasteiger partial charge >= 0.3 is 0 Å². The molecule has 2 heterocycles. The molecule has 2 rings (SSSR count). The highest BCUT2D eigenvalue weighted by Gasteiger charge is 2.11. The third-order valence-corrected chi connectivity index (χ3v) is 3.05. The molecule has 86 valence electrons. The number of hydrogen-bond acceptors (Lipinski definition) is 1. The van der Waals surface area contributed by atoms with Crippen LogP contribution < -0.4 is 0 Å². The predicted octanol–water partition coefficient (Wildman–Crippen LogP) is 3.47. The van der Waals surface area contributed by atoms with Crippen LogP contribution in [0, 0.1) is 13.8 Å². The SMILES string of the molecule is CCCc1c(CC)nc2cc(C)cc(C)n12. The summed E-state index contributed by atoms with van der Waals surface area (Å²) in [4.78, 5) is 4.73. The molecule has 0 aliphatic heterocycles. The fourth-order valence-electron chi connectivity index (χ4n) is 2.43. The van der Waals surface area contributed by atoms with Gasteiger partial charge in [-0.3, -0.25) is 0 Å². The first kappa shape index (κ1) is 11.2. The number of aryl methyl sites for hydroxylation is 4. The zero-order valence-corrected chi connectivity index (χ0v) is 10.7. The van der Waals surface area contributed by atoms with Crippen LogP contribution in [0.1, 0.15) is 42.9 Å². The largest absolute Gasteiger partial charge is 0.301 e. The number of fused-ring (bicyclic) bond motifs is 1. The Labute approximate surface area is 97.3 Å². The van der Waals surface area contributed by atoms with Crippen LogP contribution in [0.5, 0.6) is 0 Å². The molecule has 0 bridgehead atoms. The van der Waals surface area contributed by atoms with Crippen molar-refractivity contribution in [3.8, 4) is 0 Å². The minimum Gasteiger partial charge on any atom is -0.301 e. The number of nitrogens with zero attached hydrogens (tertiary/aromatic N) is 2. The molecular formula is C14H20N2. The summed E-state index contributed by atoms with van der Waals surface area (Å²) in [5.41, 5.74) is 6.36. The zero-order valence-electron chi connectivity index (χ0n) is 10.7. The summed E-state index contributed by atoms with van der Waals surface area (Å²) in [5.74, 6) is 0. The second-order valence-corrected chi connectivity index (χ2v) is 4.48. The van der Waals surface area contributed by atoms with Crippen molar-refractivity contribution >= 4 is 5.65 Å². The smallest absolute Gasteiger partial charge is 0.137 e. The third-order valence-electron chi connectivity index (χ3n) is 3.05. The van der Waals surface area contributed by atoms with Crippen molar-refractivity contribution in [2.75, 3.05) is 0 Å². The molecule has 0 saturated carbocycles. The molecule has 0 spiro atoms. The van der Waals surface area contributed by atoms with Gasteiger partial charge in [-0.05, 0) is 44.4 Å². The van der Waals surface area contributed by atoms with E-state index < -0.39 is 0 Å². The van der Waals surface area contributed by atoms with E-state index in [9.17, 15) is 0 Å². The van der Waals surface area contributed by atoms with Gasteiger partial charge in [-0.15, -0.1) is 0 Å². The maximum atomic E-state index is 4.73. The van der Waals surface area contributed by atoms with Crippen LogP contribution in [-0.2, 0) is 12.8 Å². The van der Waals surface area contributed by atoms with Crippen molar-refractivity contribution in [2.24, 2.45) is 0 Å². The van der Waals surface area contributed by atoms with E-state index in [1.165, 1.54) is 29.1 Å². The molecule has 0 amide bonds. The molecule has 2 aromatic heterocycles. The van der Waals surface area contributed by atoms with Gasteiger partial charge in [0, 0.05) is 11.4 Å². The molecule has 0 unspecified atom stereocenters. The second kappa shape index (κ2) is 4.28. The van der Waals surface area contributed by atoms with Crippen molar-refractivity contribution in [3.63, 3.8) is 0 Å². The Morgan fingerprint density at radius 1 is 1.19 bits per heavy atom. The Morgan fingerprint density at radius 2 is 1.94 bits per heavy atom. The molecule has 0 fully saturated rings. The molecule has 0 radical (unpaired) electrons. The van der Waals surface area contributed by atoms with Gasteiger partial charge in [0.15, 0.2) is 0 Å². The summed E-state index contributed by atoms with van der Waals surface area (Å²) in [6.07, 6.45) is 3.32. The van der Waals surface area contributed by atoms with E-state index in [4.69, 9.17) is 4.98 Å². The minimum atomic E-state index is 1.02. The Balaban J connectivity index is 2.73. The van der Waals surface area contributed by atoms with Crippen LogP contribution in [0.3, 0.4) is 0 Å². The second-order valence-electron chi connectivity index (χ2n) is 4.48. The lowest BCUT2D eigenvalue weighted by Gasteiger charge is -2.06. The van der Waals surface area contributed by atoms with Gasteiger partial charge in [-0.1, -0.05) is 20.3 Å². The van der Waals surface area contributed by atoms with E-state index in [-0.39, 0.29) is 0 Å². The van der Waals surface area contributed by atoms with E-state index in [2.05, 4.69) is 44.2 Å². The summed E-state index contributed by atoms with van der Waals surface area (Å²) in [6.45, 7) is 8.71. The average molecular weight is 216 g/mol. The maximum absolute atomic E-state index is 4.73. The van der Waals surface area contributed by atoms with Gasteiger partial charge in [-0.2, -0.15) is 0 Å². The van der Waals surface area contributed by atoms with Crippen LogP contribution >= 0.6 is 0 Å². The highest BCUT2D eigenvalue weighted by Crippen LogP contribution is 2.19. The number of hydrogen-bond donors (Lipinski definition) is 0. The van der Waals surface area contributed by atoms with E-state index in [0.717, 1.165) is 18.5 Å². The number of rotatable bonds is 3. The first-order chi connectivity index (χ1) is 7.67. The van der Waals surface area contributed by atoms with E-state index in [1.54, 1.807) is 0 Å². The van der Waals surface area contributed by atoms with E-state index in [0.29, 0.717) is 0 Å². The van der Waals surface area contributed by atoms with E-state index >= 15 is 0 Å².